The van der Waals surface area contributed by atoms with Gasteiger partial charge < -0.3 is 4.74 Å². The van der Waals surface area contributed by atoms with Gasteiger partial charge in [-0.1, -0.05) is 146 Å². The van der Waals surface area contributed by atoms with Gasteiger partial charge in [-0.25, -0.2) is 0 Å². The largest absolute Gasteiger partial charge is 0.364 e. The summed E-state index contributed by atoms with van der Waals surface area (Å²) >= 11 is 0. The van der Waals surface area contributed by atoms with E-state index in [1.54, 1.807) is 0 Å². The van der Waals surface area contributed by atoms with Crippen LogP contribution in [0.5, 0.6) is 0 Å². The first-order valence-electron chi connectivity index (χ1n) is 17.9. The fourth-order valence-corrected chi connectivity index (χ4v) is 9.90. The predicted octanol–water partition coefficient (Wildman–Crippen LogP) is 9.31. The highest BCUT2D eigenvalue weighted by Crippen LogP contribution is 2.52. The molecule has 1 nitrogen and oxygen atoms in total. The van der Waals surface area contributed by atoms with E-state index in [4.69, 9.17) is 4.74 Å². The third-order valence-electron chi connectivity index (χ3n) is 12.2. The van der Waals surface area contributed by atoms with Crippen molar-refractivity contribution in [2.75, 3.05) is 0 Å². The number of fused-ring (bicyclic) bond motifs is 9. The molecule has 7 unspecified atom stereocenters. The topological polar surface area (TPSA) is 9.23 Å². The van der Waals surface area contributed by atoms with Gasteiger partial charge in [-0.2, -0.15) is 0 Å². The molecule has 0 radical (unpaired) electrons. The van der Waals surface area contributed by atoms with Crippen LogP contribution in [0.15, 0.2) is 174 Å². The summed E-state index contributed by atoms with van der Waals surface area (Å²) in [5.74, 6) is 1.82. The van der Waals surface area contributed by atoms with E-state index in [1.807, 2.05) is 0 Å². The van der Waals surface area contributed by atoms with Gasteiger partial charge in [0.2, 0.25) is 0 Å². The monoisotopic (exact) mass is 628 g/mol. The second kappa shape index (κ2) is 10.6. The minimum absolute atomic E-state index is 0.0269. The van der Waals surface area contributed by atoms with Crippen LogP contribution in [0.3, 0.4) is 0 Å². The molecular formula is C48H36O. The van der Waals surface area contributed by atoms with E-state index in [1.165, 1.54) is 71.3 Å². The van der Waals surface area contributed by atoms with Gasteiger partial charge in [-0.15, -0.1) is 0 Å². The lowest BCUT2D eigenvalue weighted by molar-refractivity contribution is -0.0139. The summed E-state index contributed by atoms with van der Waals surface area (Å²) in [5, 5.41) is 5.21. The molecule has 1 fully saturated rings. The number of hydrogen-bond acceptors (Lipinski definition) is 1. The SMILES string of the molecule is C1=CC2=c3ccccc3=CC3OC4C(C5=CC=C6C=CC7c8ccc(-c9ccc%10ccccc%10c9)cc8C=CC7C6C5)=CC=CC4C(=C1)C23. The normalized spacial score (nSPS) is 29.6. The molecule has 0 N–H and O–H groups in total. The molecule has 1 aliphatic heterocycles. The Kier molecular flexibility index (Phi) is 6.01. The first-order chi connectivity index (χ1) is 24.3. The molecule has 7 atom stereocenters. The summed E-state index contributed by atoms with van der Waals surface area (Å²) in [6.07, 6.45) is 32.0. The number of hydrogen-bond donors (Lipinski definition) is 0. The van der Waals surface area contributed by atoms with E-state index in [0.717, 1.165) is 6.42 Å². The van der Waals surface area contributed by atoms with Crippen LogP contribution < -0.4 is 10.4 Å². The zero-order valence-corrected chi connectivity index (χ0v) is 27.2. The van der Waals surface area contributed by atoms with E-state index >= 15 is 0 Å². The van der Waals surface area contributed by atoms with Crippen LogP contribution in [0.1, 0.15) is 23.5 Å². The van der Waals surface area contributed by atoms with Crippen LogP contribution in [-0.2, 0) is 4.74 Å². The highest BCUT2D eigenvalue weighted by atomic mass is 16.5. The average Bonchev–Trinajstić information content (AvgIpc) is 3.17. The Hall–Kier alpha value is -5.24. The Morgan fingerprint density at radius 1 is 0.653 bits per heavy atom. The molecule has 0 spiro atoms. The van der Waals surface area contributed by atoms with Crippen molar-refractivity contribution in [3.05, 3.63) is 196 Å². The second-order valence-electron chi connectivity index (χ2n) is 14.7. The maximum Gasteiger partial charge on any atom is 0.0936 e. The molecule has 1 heteroatoms. The summed E-state index contributed by atoms with van der Waals surface area (Å²) < 4.78 is 7.15. The van der Waals surface area contributed by atoms with Crippen molar-refractivity contribution >= 4 is 28.5 Å². The van der Waals surface area contributed by atoms with Crippen LogP contribution in [0.4, 0.5) is 0 Å². The van der Waals surface area contributed by atoms with Crippen LogP contribution >= 0.6 is 0 Å². The highest BCUT2D eigenvalue weighted by Gasteiger charge is 2.46. The third kappa shape index (κ3) is 4.22. The van der Waals surface area contributed by atoms with Crippen LogP contribution in [-0.4, -0.2) is 12.2 Å². The van der Waals surface area contributed by atoms with Gasteiger partial charge in [0, 0.05) is 17.8 Å². The average molecular weight is 629 g/mol. The fourth-order valence-electron chi connectivity index (χ4n) is 9.90. The maximum absolute atomic E-state index is 7.15. The Bertz CT molecular complexity index is 2490. The summed E-state index contributed by atoms with van der Waals surface area (Å²) in [4.78, 5) is 0. The van der Waals surface area contributed by atoms with Gasteiger partial charge in [-0.05, 0) is 108 Å². The molecule has 49 heavy (non-hydrogen) atoms. The van der Waals surface area contributed by atoms with E-state index in [2.05, 4.69) is 164 Å². The molecule has 1 heterocycles. The maximum atomic E-state index is 7.15. The summed E-state index contributed by atoms with van der Waals surface area (Å²) in [6, 6.07) is 31.4. The smallest absolute Gasteiger partial charge is 0.0936 e. The van der Waals surface area contributed by atoms with Crippen molar-refractivity contribution in [1.82, 2.24) is 0 Å². The molecule has 0 amide bonds. The van der Waals surface area contributed by atoms with Crippen LogP contribution in [0.25, 0.3) is 39.6 Å². The molecule has 11 rings (SSSR count). The van der Waals surface area contributed by atoms with E-state index < -0.39 is 0 Å². The predicted molar refractivity (Wildman–Crippen MR) is 202 cm³/mol. The van der Waals surface area contributed by atoms with Gasteiger partial charge in [0.25, 0.3) is 0 Å². The van der Waals surface area contributed by atoms with Crippen molar-refractivity contribution in [1.29, 1.82) is 0 Å². The third-order valence-corrected chi connectivity index (χ3v) is 12.2. The lowest BCUT2D eigenvalue weighted by atomic mass is 9.63. The van der Waals surface area contributed by atoms with Gasteiger partial charge in [-0.3, -0.25) is 0 Å². The lowest BCUT2D eigenvalue weighted by Crippen LogP contribution is -2.49. The van der Waals surface area contributed by atoms with Gasteiger partial charge in [0.1, 0.15) is 0 Å². The van der Waals surface area contributed by atoms with E-state index in [9.17, 15) is 0 Å². The minimum Gasteiger partial charge on any atom is -0.364 e. The van der Waals surface area contributed by atoms with Gasteiger partial charge >= 0.3 is 0 Å². The molecule has 6 aliphatic carbocycles. The number of rotatable bonds is 2. The zero-order chi connectivity index (χ0) is 32.1. The van der Waals surface area contributed by atoms with E-state index in [0.29, 0.717) is 17.8 Å². The molecule has 234 valence electrons. The molecule has 7 aliphatic rings. The van der Waals surface area contributed by atoms with Crippen molar-refractivity contribution in [3.63, 3.8) is 0 Å². The molecule has 0 saturated carbocycles. The Balaban J connectivity index is 0.896. The van der Waals surface area contributed by atoms with Crippen molar-refractivity contribution in [2.24, 2.45) is 23.7 Å². The molecule has 0 bridgehead atoms. The van der Waals surface area contributed by atoms with Crippen molar-refractivity contribution < 1.29 is 4.74 Å². The van der Waals surface area contributed by atoms with Crippen molar-refractivity contribution in [2.45, 2.75) is 24.5 Å². The molecule has 4 aromatic rings. The highest BCUT2D eigenvalue weighted by molar-refractivity contribution is 5.87. The second-order valence-corrected chi connectivity index (χ2v) is 14.7. The fraction of sp³-hybridized carbons (Fsp3) is 0.167. The first kappa shape index (κ1) is 27.7. The Morgan fingerprint density at radius 2 is 1.53 bits per heavy atom. The zero-order valence-electron chi connectivity index (χ0n) is 27.2. The quantitative estimate of drug-likeness (QED) is 0.215. The Labute approximate surface area is 287 Å². The number of ether oxygens (including phenoxy) is 1. The summed E-state index contributed by atoms with van der Waals surface area (Å²) in [7, 11) is 0. The van der Waals surface area contributed by atoms with E-state index in [-0.39, 0.29) is 24.0 Å². The minimum atomic E-state index is 0.0269. The summed E-state index contributed by atoms with van der Waals surface area (Å²) in [5.41, 5.74) is 12.5. The number of allylic oxidation sites excluding steroid dienone is 11. The van der Waals surface area contributed by atoms with Crippen molar-refractivity contribution in [3.8, 4) is 11.1 Å². The Morgan fingerprint density at radius 3 is 2.51 bits per heavy atom. The molecule has 1 saturated heterocycles. The van der Waals surface area contributed by atoms with Crippen LogP contribution in [0, 0.1) is 23.7 Å². The lowest BCUT2D eigenvalue weighted by Gasteiger charge is -2.47. The number of benzene rings is 4. The van der Waals surface area contributed by atoms with Gasteiger partial charge in [0.15, 0.2) is 0 Å². The molecular weight excluding hydrogens is 593 g/mol. The molecule has 0 aromatic heterocycles. The summed E-state index contributed by atoms with van der Waals surface area (Å²) in [6.45, 7) is 0. The first-order valence-corrected chi connectivity index (χ1v) is 17.9. The van der Waals surface area contributed by atoms with Crippen LogP contribution in [0.2, 0.25) is 0 Å². The standard InChI is InChI=1S/C48H36O/c1-2-8-31-25-32(17-15-29(31)7-1)33-20-22-38-35(26-33)21-24-41-40(38)23-19-30-16-18-36(27-45(30)41)39-11-5-14-44-43-13-6-12-42-37-10-4-3-9-34(37)28-46(47(42)43)49-48(39)44/h1-26,28,40-41,44-48H,27H2. The van der Waals surface area contributed by atoms with Gasteiger partial charge in [0.05, 0.1) is 12.2 Å². The molecule has 4 aromatic carbocycles.